The molecule has 0 spiro atoms. The number of ether oxygens (including phenoxy) is 1. The third-order valence-corrected chi connectivity index (χ3v) is 5.36. The van der Waals surface area contributed by atoms with Crippen molar-refractivity contribution in [2.75, 3.05) is 26.7 Å². The average Bonchev–Trinajstić information content (AvgIpc) is 3.37. The SMILES string of the molecule is CCN(CC)CCn1cnc2cc(-c3nc4c(C(=O)OC)cccc4[nH]3)ccc21. The van der Waals surface area contributed by atoms with Gasteiger partial charge in [0.1, 0.15) is 11.3 Å². The van der Waals surface area contributed by atoms with Crippen LogP contribution >= 0.6 is 0 Å². The molecule has 0 atom stereocenters. The van der Waals surface area contributed by atoms with E-state index in [0.29, 0.717) is 16.9 Å². The van der Waals surface area contributed by atoms with Crippen LogP contribution in [-0.4, -0.2) is 57.1 Å². The predicted molar refractivity (Wildman–Crippen MR) is 114 cm³/mol. The maximum absolute atomic E-state index is 12.0. The van der Waals surface area contributed by atoms with Crippen molar-refractivity contribution in [1.82, 2.24) is 24.4 Å². The molecular weight excluding hydrogens is 366 g/mol. The number of likely N-dealkylation sites (N-methyl/N-ethyl adjacent to an activating group) is 1. The Kier molecular flexibility index (Phi) is 5.31. The van der Waals surface area contributed by atoms with Crippen LogP contribution in [0.3, 0.4) is 0 Å². The quantitative estimate of drug-likeness (QED) is 0.486. The number of esters is 1. The normalized spacial score (nSPS) is 11.6. The zero-order valence-corrected chi connectivity index (χ0v) is 17.0. The van der Waals surface area contributed by atoms with Crippen LogP contribution in [0.5, 0.6) is 0 Å². The fraction of sp³-hybridized carbons (Fsp3) is 0.318. The number of aromatic nitrogens is 4. The maximum atomic E-state index is 12.0. The Morgan fingerprint density at radius 1 is 1.21 bits per heavy atom. The number of H-pyrrole nitrogens is 1. The van der Waals surface area contributed by atoms with Gasteiger partial charge in [0, 0.05) is 18.7 Å². The molecule has 0 aliphatic rings. The number of carbonyl (C=O) groups excluding carboxylic acids is 1. The number of methoxy groups -OCH3 is 1. The summed E-state index contributed by atoms with van der Waals surface area (Å²) in [7, 11) is 1.37. The third-order valence-electron chi connectivity index (χ3n) is 5.36. The lowest BCUT2D eigenvalue weighted by Gasteiger charge is -2.18. The van der Waals surface area contributed by atoms with Gasteiger partial charge in [0.05, 0.1) is 35.6 Å². The molecule has 0 saturated heterocycles. The minimum atomic E-state index is -0.393. The predicted octanol–water partition coefficient (Wildman–Crippen LogP) is 3.71. The summed E-state index contributed by atoms with van der Waals surface area (Å²) in [6, 6.07) is 11.6. The van der Waals surface area contributed by atoms with E-state index < -0.39 is 5.97 Å². The first-order valence-corrected chi connectivity index (χ1v) is 9.89. The molecule has 2 heterocycles. The van der Waals surface area contributed by atoms with Gasteiger partial charge >= 0.3 is 5.97 Å². The van der Waals surface area contributed by atoms with Gasteiger partial charge in [-0.25, -0.2) is 14.8 Å². The number of para-hydroxylation sites is 1. The van der Waals surface area contributed by atoms with Crippen LogP contribution in [-0.2, 0) is 11.3 Å². The zero-order chi connectivity index (χ0) is 20.4. The molecule has 0 aliphatic carbocycles. The second-order valence-corrected chi connectivity index (χ2v) is 6.95. The van der Waals surface area contributed by atoms with Crippen LogP contribution in [0.15, 0.2) is 42.7 Å². The Hall–Kier alpha value is -3.19. The van der Waals surface area contributed by atoms with Gasteiger partial charge in [-0.15, -0.1) is 0 Å². The molecule has 0 unspecified atom stereocenters. The zero-order valence-electron chi connectivity index (χ0n) is 17.0. The summed E-state index contributed by atoms with van der Waals surface area (Å²) in [5.74, 6) is 0.312. The lowest BCUT2D eigenvalue weighted by Crippen LogP contribution is -2.26. The number of nitrogens with one attached hydrogen (secondary N) is 1. The van der Waals surface area contributed by atoms with Crippen molar-refractivity contribution < 1.29 is 9.53 Å². The van der Waals surface area contributed by atoms with E-state index in [1.807, 2.05) is 30.6 Å². The molecule has 2 aromatic heterocycles. The number of nitrogens with zero attached hydrogens (tertiary/aromatic N) is 4. The Balaban J connectivity index is 1.66. The van der Waals surface area contributed by atoms with Crippen molar-refractivity contribution in [3.63, 3.8) is 0 Å². The molecule has 4 aromatic rings. The number of aromatic amines is 1. The van der Waals surface area contributed by atoms with Crippen LogP contribution in [0.25, 0.3) is 33.5 Å². The van der Waals surface area contributed by atoms with Gasteiger partial charge < -0.3 is 19.2 Å². The Bertz CT molecular complexity index is 1160. The number of imidazole rings is 2. The van der Waals surface area contributed by atoms with Gasteiger partial charge in [-0.2, -0.15) is 0 Å². The van der Waals surface area contributed by atoms with Crippen LogP contribution in [0.4, 0.5) is 0 Å². The number of carbonyl (C=O) groups is 1. The molecular formula is C22H25N5O2. The summed E-state index contributed by atoms with van der Waals surface area (Å²) >= 11 is 0. The Labute approximate surface area is 169 Å². The van der Waals surface area contributed by atoms with Gasteiger partial charge in [0.25, 0.3) is 0 Å². The van der Waals surface area contributed by atoms with E-state index in [2.05, 4.69) is 44.3 Å². The molecule has 0 bridgehead atoms. The maximum Gasteiger partial charge on any atom is 0.340 e. The third kappa shape index (κ3) is 3.61. The highest BCUT2D eigenvalue weighted by molar-refractivity contribution is 6.02. The van der Waals surface area contributed by atoms with E-state index in [-0.39, 0.29) is 0 Å². The van der Waals surface area contributed by atoms with E-state index in [1.165, 1.54) is 7.11 Å². The lowest BCUT2D eigenvalue weighted by atomic mass is 10.2. The van der Waals surface area contributed by atoms with E-state index in [1.54, 1.807) is 6.07 Å². The number of benzene rings is 2. The monoisotopic (exact) mass is 391 g/mol. The summed E-state index contributed by atoms with van der Waals surface area (Å²) in [6.45, 7) is 8.37. The van der Waals surface area contributed by atoms with Gasteiger partial charge in [0.15, 0.2) is 0 Å². The average molecular weight is 391 g/mol. The van der Waals surface area contributed by atoms with Crippen molar-refractivity contribution in [3.05, 3.63) is 48.3 Å². The second-order valence-electron chi connectivity index (χ2n) is 6.95. The molecule has 2 aromatic carbocycles. The van der Waals surface area contributed by atoms with Crippen LogP contribution in [0.1, 0.15) is 24.2 Å². The number of rotatable bonds is 7. The Morgan fingerprint density at radius 3 is 2.79 bits per heavy atom. The standard InChI is InChI=1S/C22H25N5O2/c1-4-26(5-2)11-12-27-14-23-18-13-15(9-10-19(18)27)21-24-17-8-6-7-16(20(17)25-21)22(28)29-3/h6-10,13-14H,4-5,11-12H2,1-3H3,(H,24,25). The van der Waals surface area contributed by atoms with Crippen LogP contribution < -0.4 is 0 Å². The molecule has 0 saturated carbocycles. The smallest absolute Gasteiger partial charge is 0.340 e. The topological polar surface area (TPSA) is 76.0 Å². The first kappa shape index (κ1) is 19.1. The lowest BCUT2D eigenvalue weighted by molar-refractivity contribution is 0.0603. The summed E-state index contributed by atoms with van der Waals surface area (Å²) in [6.07, 6.45) is 1.89. The van der Waals surface area contributed by atoms with Crippen molar-refractivity contribution in [1.29, 1.82) is 0 Å². The van der Waals surface area contributed by atoms with Crippen molar-refractivity contribution in [2.24, 2.45) is 0 Å². The highest BCUT2D eigenvalue weighted by Crippen LogP contribution is 2.26. The van der Waals surface area contributed by atoms with Crippen LogP contribution in [0.2, 0.25) is 0 Å². The molecule has 29 heavy (non-hydrogen) atoms. The summed E-state index contributed by atoms with van der Waals surface area (Å²) in [5, 5.41) is 0. The molecule has 7 nitrogen and oxygen atoms in total. The minimum Gasteiger partial charge on any atom is -0.465 e. The molecule has 4 rings (SSSR count). The van der Waals surface area contributed by atoms with Crippen molar-refractivity contribution in [2.45, 2.75) is 20.4 Å². The first-order valence-electron chi connectivity index (χ1n) is 9.89. The Morgan fingerprint density at radius 2 is 2.03 bits per heavy atom. The fourth-order valence-corrected chi connectivity index (χ4v) is 3.62. The largest absolute Gasteiger partial charge is 0.465 e. The molecule has 150 valence electrons. The highest BCUT2D eigenvalue weighted by Gasteiger charge is 2.15. The molecule has 0 amide bonds. The van der Waals surface area contributed by atoms with Crippen molar-refractivity contribution >= 4 is 28.0 Å². The van der Waals surface area contributed by atoms with E-state index in [0.717, 1.165) is 48.3 Å². The van der Waals surface area contributed by atoms with Gasteiger partial charge in [-0.1, -0.05) is 19.9 Å². The first-order chi connectivity index (χ1) is 14.1. The molecule has 0 radical (unpaired) electrons. The molecule has 0 aliphatic heterocycles. The van der Waals surface area contributed by atoms with Crippen molar-refractivity contribution in [3.8, 4) is 11.4 Å². The van der Waals surface area contributed by atoms with Gasteiger partial charge in [-0.05, 0) is 43.4 Å². The highest BCUT2D eigenvalue weighted by atomic mass is 16.5. The van der Waals surface area contributed by atoms with Gasteiger partial charge in [-0.3, -0.25) is 0 Å². The minimum absolute atomic E-state index is 0.393. The van der Waals surface area contributed by atoms with Gasteiger partial charge in [0.2, 0.25) is 0 Å². The summed E-state index contributed by atoms with van der Waals surface area (Å²) in [5.41, 5.74) is 4.82. The van der Waals surface area contributed by atoms with E-state index in [4.69, 9.17) is 4.74 Å². The number of hydrogen-bond donors (Lipinski definition) is 1. The number of hydrogen-bond acceptors (Lipinski definition) is 5. The summed E-state index contributed by atoms with van der Waals surface area (Å²) in [4.78, 5) is 26.9. The molecule has 0 fully saturated rings. The second kappa shape index (κ2) is 8.05. The number of fused-ring (bicyclic) bond motifs is 2. The van der Waals surface area contributed by atoms with E-state index in [9.17, 15) is 4.79 Å². The molecule has 1 N–H and O–H groups in total. The van der Waals surface area contributed by atoms with Crippen LogP contribution in [0, 0.1) is 0 Å². The summed E-state index contributed by atoms with van der Waals surface area (Å²) < 4.78 is 7.05. The fourth-order valence-electron chi connectivity index (χ4n) is 3.62. The molecule has 7 heteroatoms. The van der Waals surface area contributed by atoms with E-state index >= 15 is 0 Å².